The zero-order valence-electron chi connectivity index (χ0n) is 18.5. The fourth-order valence-corrected chi connectivity index (χ4v) is 4.52. The zero-order valence-corrected chi connectivity index (χ0v) is 18.5. The minimum atomic E-state index is -1.52. The summed E-state index contributed by atoms with van der Waals surface area (Å²) in [7, 11) is 0. The first-order chi connectivity index (χ1) is 15.2. The number of nitrogens with zero attached hydrogens (tertiary/aromatic N) is 2. The Hall–Kier alpha value is -3.25. The number of nitrogen functional groups attached to an aromatic ring is 1. The molecule has 2 atom stereocenters. The number of aryl methyl sites for hydroxylation is 1. The lowest BCUT2D eigenvalue weighted by Gasteiger charge is -2.29. The quantitative estimate of drug-likeness (QED) is 0.623. The largest absolute Gasteiger partial charge is 0.383 e. The van der Waals surface area contributed by atoms with E-state index >= 15 is 0 Å². The predicted molar refractivity (Wildman–Crippen MR) is 125 cm³/mol. The molecule has 166 valence electrons. The van der Waals surface area contributed by atoms with Gasteiger partial charge in [0.25, 0.3) is 5.91 Å². The second kappa shape index (κ2) is 8.71. The first kappa shape index (κ1) is 22.0. The topological polar surface area (TPSA) is 96.5 Å². The fraction of sp³-hybridized carbons (Fsp3) is 0.346. The number of likely N-dealkylation sites (tertiary alicyclic amines) is 1. The molecular formula is C26H29N3O3. The van der Waals surface area contributed by atoms with Crippen molar-refractivity contribution < 1.29 is 14.7 Å². The maximum atomic E-state index is 13.2. The van der Waals surface area contributed by atoms with Crippen molar-refractivity contribution in [2.75, 3.05) is 12.3 Å². The van der Waals surface area contributed by atoms with Crippen LogP contribution in [0.1, 0.15) is 43.7 Å². The fourth-order valence-electron chi connectivity index (χ4n) is 4.52. The van der Waals surface area contributed by atoms with Gasteiger partial charge in [-0.2, -0.15) is 0 Å². The highest BCUT2D eigenvalue weighted by Gasteiger charge is 2.43. The molecule has 0 bridgehead atoms. The Morgan fingerprint density at radius 3 is 2.62 bits per heavy atom. The van der Waals surface area contributed by atoms with Crippen LogP contribution in [0.2, 0.25) is 0 Å². The minimum Gasteiger partial charge on any atom is -0.383 e. The molecule has 1 aliphatic heterocycles. The first-order valence-electron chi connectivity index (χ1n) is 11.0. The molecule has 1 aliphatic rings. The molecule has 3 N–H and O–H groups in total. The molecule has 1 amide bonds. The summed E-state index contributed by atoms with van der Waals surface area (Å²) in [6.07, 6.45) is 3.15. The number of Topliss-reactive ketones (excluding diaryl/α,β-unsaturated/α-hetero) is 1. The first-order valence-corrected chi connectivity index (χ1v) is 11.0. The lowest BCUT2D eigenvalue weighted by Crippen LogP contribution is -2.49. The third-order valence-corrected chi connectivity index (χ3v) is 6.25. The summed E-state index contributed by atoms with van der Waals surface area (Å²) in [6, 6.07) is 17.2. The highest BCUT2D eigenvalue weighted by atomic mass is 16.3. The molecule has 0 unspecified atom stereocenters. The number of rotatable bonds is 6. The summed E-state index contributed by atoms with van der Waals surface area (Å²) < 4.78 is 0. The van der Waals surface area contributed by atoms with Crippen molar-refractivity contribution in [2.45, 2.75) is 50.7 Å². The maximum Gasteiger partial charge on any atom is 0.254 e. The van der Waals surface area contributed by atoms with Gasteiger partial charge in [-0.3, -0.25) is 9.59 Å². The van der Waals surface area contributed by atoms with Crippen molar-refractivity contribution in [3.05, 3.63) is 71.9 Å². The van der Waals surface area contributed by atoms with E-state index < -0.39 is 17.6 Å². The maximum absolute atomic E-state index is 13.2. The van der Waals surface area contributed by atoms with Gasteiger partial charge < -0.3 is 15.7 Å². The number of aliphatic hydroxyl groups is 1. The van der Waals surface area contributed by atoms with E-state index in [1.807, 2.05) is 54.6 Å². The molecule has 4 rings (SSSR count). The highest BCUT2D eigenvalue weighted by Crippen LogP contribution is 2.34. The molecule has 2 heterocycles. The molecule has 6 heteroatoms. The van der Waals surface area contributed by atoms with Crippen LogP contribution in [0.15, 0.2) is 60.8 Å². The monoisotopic (exact) mass is 431 g/mol. The van der Waals surface area contributed by atoms with Gasteiger partial charge in [-0.05, 0) is 49.3 Å². The van der Waals surface area contributed by atoms with Crippen molar-refractivity contribution in [1.82, 2.24) is 9.88 Å². The molecule has 1 saturated heterocycles. The standard InChI is InChI=1S/C26H29N3O3/c1-26(2,32)25(31)29-16-20(18-6-4-3-5-7-18)15-22(29)23(30)11-9-17-8-10-21-19(14-17)12-13-28-24(21)27/h3-8,10,12-14,20,22,32H,9,11,15-16H2,1-2H3,(H2,27,28)/t20-,22+/m1/s1. The SMILES string of the molecule is CC(C)(O)C(=O)N1C[C@H](c2ccccc2)C[C@H]1C(=O)CCc1ccc2c(N)nccc2c1. The molecule has 0 radical (unpaired) electrons. The molecule has 3 aromatic rings. The Balaban J connectivity index is 1.51. The Kier molecular flexibility index (Phi) is 5.98. The lowest BCUT2D eigenvalue weighted by molar-refractivity contribution is -0.151. The van der Waals surface area contributed by atoms with Gasteiger partial charge in [0.2, 0.25) is 0 Å². The van der Waals surface area contributed by atoms with Crippen molar-refractivity contribution >= 4 is 28.3 Å². The summed E-state index contributed by atoms with van der Waals surface area (Å²) in [5, 5.41) is 12.2. The van der Waals surface area contributed by atoms with Crippen LogP contribution in [0.4, 0.5) is 5.82 Å². The van der Waals surface area contributed by atoms with Crippen LogP contribution in [0.5, 0.6) is 0 Å². The van der Waals surface area contributed by atoms with E-state index in [1.54, 1.807) is 11.1 Å². The summed E-state index contributed by atoms with van der Waals surface area (Å²) in [6.45, 7) is 3.39. The second-order valence-electron chi connectivity index (χ2n) is 9.09. The average molecular weight is 432 g/mol. The molecule has 0 spiro atoms. The van der Waals surface area contributed by atoms with E-state index in [1.165, 1.54) is 13.8 Å². The van der Waals surface area contributed by atoms with Crippen molar-refractivity contribution in [1.29, 1.82) is 0 Å². The van der Waals surface area contributed by atoms with Crippen LogP contribution in [-0.4, -0.2) is 44.9 Å². The third-order valence-electron chi connectivity index (χ3n) is 6.25. The lowest BCUT2D eigenvalue weighted by atomic mass is 9.93. The smallest absolute Gasteiger partial charge is 0.254 e. The van der Waals surface area contributed by atoms with Gasteiger partial charge in [0.1, 0.15) is 11.4 Å². The number of pyridine rings is 1. The van der Waals surface area contributed by atoms with Crippen LogP contribution >= 0.6 is 0 Å². The Morgan fingerprint density at radius 1 is 1.16 bits per heavy atom. The number of nitrogens with two attached hydrogens (primary N) is 1. The van der Waals surface area contributed by atoms with Gasteiger partial charge in [0.05, 0.1) is 6.04 Å². The number of hydrogen-bond donors (Lipinski definition) is 2. The van der Waals surface area contributed by atoms with Gasteiger partial charge in [0.15, 0.2) is 5.78 Å². The number of aromatic nitrogens is 1. The summed E-state index contributed by atoms with van der Waals surface area (Å²) >= 11 is 0. The molecule has 0 saturated carbocycles. The summed E-state index contributed by atoms with van der Waals surface area (Å²) in [5.41, 5.74) is 6.56. The van der Waals surface area contributed by atoms with Gasteiger partial charge >= 0.3 is 0 Å². The Bertz CT molecular complexity index is 1140. The third kappa shape index (κ3) is 4.50. The Labute approximate surface area is 188 Å². The second-order valence-corrected chi connectivity index (χ2v) is 9.09. The van der Waals surface area contributed by atoms with E-state index in [2.05, 4.69) is 4.98 Å². The van der Waals surface area contributed by atoms with E-state index in [0.717, 1.165) is 21.9 Å². The van der Waals surface area contributed by atoms with E-state index in [9.17, 15) is 14.7 Å². The van der Waals surface area contributed by atoms with E-state index in [4.69, 9.17) is 5.73 Å². The minimum absolute atomic E-state index is 0.0235. The van der Waals surface area contributed by atoms with Crippen molar-refractivity contribution in [2.24, 2.45) is 0 Å². The number of amides is 1. The van der Waals surface area contributed by atoms with Gasteiger partial charge in [-0.15, -0.1) is 0 Å². The predicted octanol–water partition coefficient (Wildman–Crippen LogP) is 3.47. The molecule has 32 heavy (non-hydrogen) atoms. The number of ketones is 1. The van der Waals surface area contributed by atoms with E-state index in [0.29, 0.717) is 31.6 Å². The summed E-state index contributed by atoms with van der Waals surface area (Å²) in [4.78, 5) is 31.8. The zero-order chi connectivity index (χ0) is 22.9. The summed E-state index contributed by atoms with van der Waals surface area (Å²) in [5.74, 6) is 0.190. The Morgan fingerprint density at radius 2 is 1.91 bits per heavy atom. The number of benzene rings is 2. The number of fused-ring (bicyclic) bond motifs is 1. The van der Waals surface area contributed by atoms with Gasteiger partial charge in [-0.25, -0.2) is 4.98 Å². The van der Waals surface area contributed by atoms with Crippen LogP contribution in [0, 0.1) is 0 Å². The van der Waals surface area contributed by atoms with Crippen LogP contribution in [-0.2, 0) is 16.0 Å². The number of hydrogen-bond acceptors (Lipinski definition) is 5. The normalized spacial score (nSPS) is 18.8. The number of carbonyl (C=O) groups is 2. The molecular weight excluding hydrogens is 402 g/mol. The van der Waals surface area contributed by atoms with Crippen LogP contribution in [0.25, 0.3) is 10.8 Å². The van der Waals surface area contributed by atoms with Gasteiger partial charge in [-0.1, -0.05) is 48.5 Å². The molecule has 2 aromatic carbocycles. The van der Waals surface area contributed by atoms with Crippen molar-refractivity contribution in [3.63, 3.8) is 0 Å². The van der Waals surface area contributed by atoms with E-state index in [-0.39, 0.29) is 11.7 Å². The molecule has 0 aliphatic carbocycles. The van der Waals surface area contributed by atoms with Crippen molar-refractivity contribution in [3.8, 4) is 0 Å². The van der Waals surface area contributed by atoms with Crippen LogP contribution < -0.4 is 5.73 Å². The van der Waals surface area contributed by atoms with Crippen LogP contribution in [0.3, 0.4) is 0 Å². The molecule has 1 fully saturated rings. The number of anilines is 1. The van der Waals surface area contributed by atoms with Gasteiger partial charge in [0, 0.05) is 30.5 Å². The molecule has 1 aromatic heterocycles. The highest BCUT2D eigenvalue weighted by molar-refractivity contribution is 5.93. The number of carbonyl (C=O) groups excluding carboxylic acids is 2. The average Bonchev–Trinajstić information content (AvgIpc) is 3.22. The molecule has 6 nitrogen and oxygen atoms in total.